The number of halogens is 2. The van der Waals surface area contributed by atoms with Crippen LogP contribution in [0.5, 0.6) is 11.6 Å². The number of hydrogen-bond donors (Lipinski definition) is 2. The highest BCUT2D eigenvalue weighted by Crippen LogP contribution is 2.27. The number of rotatable bonds is 5. The molecule has 3 aromatic rings. The summed E-state index contributed by atoms with van der Waals surface area (Å²) in [5.74, 6) is -1.35. The van der Waals surface area contributed by atoms with Crippen molar-refractivity contribution in [2.45, 2.75) is 6.04 Å². The van der Waals surface area contributed by atoms with Gasteiger partial charge in [-0.05, 0) is 30.3 Å². The molecule has 1 saturated heterocycles. The molecule has 0 saturated carbocycles. The molecule has 3 N–H and O–H groups in total. The molecule has 2 atom stereocenters. The minimum atomic E-state index is -0.943. The molecule has 0 amide bonds. The number of nitrogens with zero attached hydrogens (tertiary/aromatic N) is 5. The van der Waals surface area contributed by atoms with Gasteiger partial charge in [-0.15, -0.1) is 0 Å². The summed E-state index contributed by atoms with van der Waals surface area (Å²) in [6, 6.07) is 7.28. The van der Waals surface area contributed by atoms with Crippen LogP contribution in [-0.4, -0.2) is 50.1 Å². The van der Waals surface area contributed by atoms with Crippen LogP contribution >= 0.6 is 11.6 Å². The number of aromatic nitrogens is 4. The van der Waals surface area contributed by atoms with Crippen molar-refractivity contribution < 1.29 is 19.0 Å². The van der Waals surface area contributed by atoms with Crippen LogP contribution in [0.15, 0.2) is 42.9 Å². The Kier molecular flexibility index (Phi) is 5.42. The number of benzene rings is 1. The van der Waals surface area contributed by atoms with Crippen LogP contribution in [0.1, 0.15) is 0 Å². The van der Waals surface area contributed by atoms with Gasteiger partial charge >= 0.3 is 5.97 Å². The number of aliphatic carboxylic acids is 1. The molecule has 9 nitrogen and oxygen atoms in total. The van der Waals surface area contributed by atoms with E-state index in [1.54, 1.807) is 29.2 Å². The molecule has 1 aliphatic heterocycles. The molecule has 30 heavy (non-hydrogen) atoms. The molecule has 0 aliphatic carbocycles. The number of ether oxygens (including phenoxy) is 1. The number of carbonyl (C=O) groups is 1. The van der Waals surface area contributed by atoms with Crippen molar-refractivity contribution in [3.05, 3.63) is 53.7 Å². The average Bonchev–Trinajstić information content (AvgIpc) is 3.13. The monoisotopic (exact) mass is 430 g/mol. The van der Waals surface area contributed by atoms with Crippen molar-refractivity contribution in [2.75, 3.05) is 18.0 Å². The van der Waals surface area contributed by atoms with Crippen molar-refractivity contribution in [2.24, 2.45) is 11.7 Å². The lowest BCUT2D eigenvalue weighted by Gasteiger charge is -2.15. The highest BCUT2D eigenvalue weighted by Gasteiger charge is 2.36. The van der Waals surface area contributed by atoms with E-state index in [1.165, 1.54) is 12.5 Å². The number of carboxylic acids is 1. The van der Waals surface area contributed by atoms with Crippen LogP contribution in [0.2, 0.25) is 5.02 Å². The van der Waals surface area contributed by atoms with Crippen LogP contribution in [0.25, 0.3) is 11.4 Å². The summed E-state index contributed by atoms with van der Waals surface area (Å²) in [5, 5.41) is 9.41. The molecular weight excluding hydrogens is 415 g/mol. The zero-order valence-electron chi connectivity index (χ0n) is 15.4. The second-order valence-corrected chi connectivity index (χ2v) is 7.13. The standard InChI is InChI=1S/C19H16ClFN6O3/c20-11-5-14(21)17(23-6-11)30-12-3-1-10(2-4-12)16-24-9-25-19(26-16)27-7-13(18(28)29)15(22)8-27/h1-6,9,13,15H,7-8,22H2,(H,28,29)/t13-,15+/m0/s1. The summed E-state index contributed by atoms with van der Waals surface area (Å²) in [4.78, 5) is 29.5. The maximum Gasteiger partial charge on any atom is 0.309 e. The second kappa shape index (κ2) is 8.17. The summed E-state index contributed by atoms with van der Waals surface area (Å²) in [7, 11) is 0. The first-order valence-electron chi connectivity index (χ1n) is 8.92. The van der Waals surface area contributed by atoms with Crippen molar-refractivity contribution in [3.8, 4) is 23.0 Å². The summed E-state index contributed by atoms with van der Waals surface area (Å²) >= 11 is 5.68. The molecule has 0 unspecified atom stereocenters. The van der Waals surface area contributed by atoms with Gasteiger partial charge in [-0.3, -0.25) is 4.79 Å². The molecule has 1 fully saturated rings. The first kappa shape index (κ1) is 19.9. The van der Waals surface area contributed by atoms with Gasteiger partial charge in [0.1, 0.15) is 12.1 Å². The number of hydrogen-bond acceptors (Lipinski definition) is 8. The van der Waals surface area contributed by atoms with Gasteiger partial charge in [0, 0.05) is 30.9 Å². The van der Waals surface area contributed by atoms with Crippen LogP contribution in [0, 0.1) is 11.7 Å². The predicted molar refractivity (Wildman–Crippen MR) is 106 cm³/mol. The van der Waals surface area contributed by atoms with E-state index in [9.17, 15) is 14.3 Å². The maximum absolute atomic E-state index is 13.8. The highest BCUT2D eigenvalue weighted by atomic mass is 35.5. The molecule has 2 aromatic heterocycles. The predicted octanol–water partition coefficient (Wildman–Crippen LogP) is 2.37. The summed E-state index contributed by atoms with van der Waals surface area (Å²) in [5.41, 5.74) is 6.58. The van der Waals surface area contributed by atoms with E-state index in [-0.39, 0.29) is 17.4 Å². The molecule has 1 aliphatic rings. The first-order chi connectivity index (χ1) is 14.4. The van der Waals surface area contributed by atoms with Gasteiger partial charge in [0.15, 0.2) is 11.6 Å². The lowest BCUT2D eigenvalue weighted by Crippen LogP contribution is -2.33. The third-order valence-corrected chi connectivity index (χ3v) is 4.83. The van der Waals surface area contributed by atoms with E-state index in [2.05, 4.69) is 19.9 Å². The van der Waals surface area contributed by atoms with Gasteiger partial charge in [-0.25, -0.2) is 19.3 Å². The van der Waals surface area contributed by atoms with Gasteiger partial charge in [0.2, 0.25) is 5.95 Å². The molecule has 1 aromatic carbocycles. The fourth-order valence-corrected chi connectivity index (χ4v) is 3.24. The minimum absolute atomic E-state index is 0.175. The van der Waals surface area contributed by atoms with E-state index >= 15 is 0 Å². The van der Waals surface area contributed by atoms with E-state index in [0.717, 1.165) is 6.07 Å². The third-order valence-electron chi connectivity index (χ3n) is 4.63. The van der Waals surface area contributed by atoms with Gasteiger partial charge in [0.05, 0.1) is 10.9 Å². The van der Waals surface area contributed by atoms with Crippen LogP contribution < -0.4 is 15.4 Å². The zero-order chi connectivity index (χ0) is 21.3. The van der Waals surface area contributed by atoms with Crippen molar-refractivity contribution in [1.29, 1.82) is 0 Å². The van der Waals surface area contributed by atoms with E-state index in [1.807, 2.05) is 0 Å². The fraction of sp³-hybridized carbons (Fsp3) is 0.211. The quantitative estimate of drug-likeness (QED) is 0.626. The van der Waals surface area contributed by atoms with Gasteiger partial charge in [-0.1, -0.05) is 11.6 Å². The number of pyridine rings is 1. The summed E-state index contributed by atoms with van der Waals surface area (Å²) in [6.07, 6.45) is 2.65. The Morgan fingerprint density at radius 1 is 1.23 bits per heavy atom. The Labute approximate surface area is 175 Å². The Balaban J connectivity index is 1.51. The number of nitrogens with two attached hydrogens (primary N) is 1. The molecule has 3 heterocycles. The average molecular weight is 431 g/mol. The second-order valence-electron chi connectivity index (χ2n) is 6.69. The lowest BCUT2D eigenvalue weighted by atomic mass is 10.1. The molecule has 154 valence electrons. The Hall–Kier alpha value is -3.37. The molecule has 0 spiro atoms. The molecular formula is C19H16ClFN6O3. The van der Waals surface area contributed by atoms with Crippen molar-refractivity contribution in [1.82, 2.24) is 19.9 Å². The summed E-state index contributed by atoms with van der Waals surface area (Å²) < 4.78 is 19.3. The van der Waals surface area contributed by atoms with Crippen LogP contribution in [0.3, 0.4) is 0 Å². The smallest absolute Gasteiger partial charge is 0.309 e. The van der Waals surface area contributed by atoms with E-state index in [0.29, 0.717) is 29.6 Å². The molecule has 0 radical (unpaired) electrons. The van der Waals surface area contributed by atoms with Gasteiger partial charge in [-0.2, -0.15) is 4.98 Å². The normalized spacial score (nSPS) is 18.4. The highest BCUT2D eigenvalue weighted by molar-refractivity contribution is 6.30. The lowest BCUT2D eigenvalue weighted by molar-refractivity contribution is -0.141. The van der Waals surface area contributed by atoms with Crippen LogP contribution in [-0.2, 0) is 4.79 Å². The SMILES string of the molecule is N[C@@H]1CN(c2ncnc(-c3ccc(Oc4ncc(Cl)cc4F)cc3)n2)C[C@@H]1C(=O)O. The zero-order valence-corrected chi connectivity index (χ0v) is 16.2. The fourth-order valence-electron chi connectivity index (χ4n) is 3.09. The number of anilines is 1. The summed E-state index contributed by atoms with van der Waals surface area (Å²) in [6.45, 7) is 0.569. The molecule has 11 heteroatoms. The Bertz CT molecular complexity index is 1080. The van der Waals surface area contributed by atoms with E-state index in [4.69, 9.17) is 22.1 Å². The van der Waals surface area contributed by atoms with E-state index < -0.39 is 23.7 Å². The first-order valence-corrected chi connectivity index (χ1v) is 9.30. The van der Waals surface area contributed by atoms with Gasteiger partial charge < -0.3 is 20.5 Å². The molecule has 4 rings (SSSR count). The van der Waals surface area contributed by atoms with Crippen LogP contribution in [0.4, 0.5) is 10.3 Å². The van der Waals surface area contributed by atoms with Gasteiger partial charge in [0.25, 0.3) is 5.88 Å². The minimum Gasteiger partial charge on any atom is -0.481 e. The Morgan fingerprint density at radius 2 is 2.00 bits per heavy atom. The maximum atomic E-state index is 13.8. The molecule has 0 bridgehead atoms. The largest absolute Gasteiger partial charge is 0.481 e. The topological polar surface area (TPSA) is 127 Å². The number of carboxylic acid groups (broad SMARTS) is 1. The van der Waals surface area contributed by atoms with Crippen molar-refractivity contribution >= 4 is 23.5 Å². The Morgan fingerprint density at radius 3 is 2.67 bits per heavy atom. The third kappa shape index (κ3) is 4.14. The van der Waals surface area contributed by atoms with Crippen molar-refractivity contribution in [3.63, 3.8) is 0 Å².